The number of nitrogens with zero attached hydrogens (tertiary/aromatic N) is 4. The summed E-state index contributed by atoms with van der Waals surface area (Å²) < 4.78 is 6.23. The molecule has 1 aromatic heterocycles. The van der Waals surface area contributed by atoms with Crippen molar-refractivity contribution in [3.8, 4) is 5.75 Å². The van der Waals surface area contributed by atoms with Crippen molar-refractivity contribution in [1.82, 2.24) is 14.9 Å². The highest BCUT2D eigenvalue weighted by atomic mass is 16.5. The van der Waals surface area contributed by atoms with Gasteiger partial charge in [-0.15, -0.1) is 0 Å². The second-order valence-corrected chi connectivity index (χ2v) is 8.63. The van der Waals surface area contributed by atoms with Crippen LogP contribution in [0.5, 0.6) is 5.75 Å². The van der Waals surface area contributed by atoms with Crippen LogP contribution in [0.2, 0.25) is 0 Å². The minimum absolute atomic E-state index is 0.0146. The first-order chi connectivity index (χ1) is 14.9. The lowest BCUT2D eigenvalue weighted by molar-refractivity contribution is -0.145. The average Bonchev–Trinajstić information content (AvgIpc) is 3.16. The molecule has 4 heterocycles. The van der Waals surface area contributed by atoms with E-state index in [1.165, 1.54) is 0 Å². The molecule has 0 bridgehead atoms. The first-order valence-corrected chi connectivity index (χ1v) is 10.8. The number of hydrogen-bond acceptors (Lipinski definition) is 6. The normalized spacial score (nSPS) is 22.6. The van der Waals surface area contributed by atoms with Crippen molar-refractivity contribution in [1.29, 1.82) is 0 Å². The van der Waals surface area contributed by atoms with Crippen LogP contribution in [-0.4, -0.2) is 58.0 Å². The Morgan fingerprint density at radius 3 is 2.87 bits per heavy atom. The summed E-state index contributed by atoms with van der Waals surface area (Å²) in [6.07, 6.45) is 4.30. The standard InChI is InChI=1S/C23H26N4O4/c1-15-24-13-16-5-10-31-23(21(16)25-15)6-8-26(9-7-23)22(30)17-11-20(29)27(14-17)18-3-2-4-19(28)12-18/h2-4,12-13,17,28H,5-11,14H2,1H3. The Hall–Kier alpha value is -3.00. The van der Waals surface area contributed by atoms with Gasteiger partial charge in [0, 0.05) is 44.0 Å². The Bertz CT molecular complexity index is 1030. The number of aryl methyl sites for hydroxylation is 1. The summed E-state index contributed by atoms with van der Waals surface area (Å²) in [5, 5.41) is 9.71. The number of carbonyl (C=O) groups excluding carboxylic acids is 2. The molecule has 1 aromatic carbocycles. The second-order valence-electron chi connectivity index (χ2n) is 8.63. The highest BCUT2D eigenvalue weighted by Gasteiger charge is 2.45. The zero-order valence-corrected chi connectivity index (χ0v) is 17.6. The van der Waals surface area contributed by atoms with Gasteiger partial charge in [-0.3, -0.25) is 9.59 Å². The fraction of sp³-hybridized carbons (Fsp3) is 0.478. The molecule has 0 radical (unpaired) electrons. The SMILES string of the molecule is Cc1ncc2c(n1)C1(CCN(C(=O)C3CC(=O)N(c4cccc(O)c4)C3)CC1)OCC2. The Balaban J connectivity index is 1.27. The summed E-state index contributed by atoms with van der Waals surface area (Å²) in [5.74, 6) is 0.398. The Morgan fingerprint density at radius 1 is 1.29 bits per heavy atom. The summed E-state index contributed by atoms with van der Waals surface area (Å²) >= 11 is 0. The average molecular weight is 422 g/mol. The van der Waals surface area contributed by atoms with Gasteiger partial charge in [0.15, 0.2) is 0 Å². The number of piperidine rings is 1. The molecule has 162 valence electrons. The Kier molecular flexibility index (Phi) is 4.89. The molecule has 1 spiro atoms. The van der Waals surface area contributed by atoms with Gasteiger partial charge in [-0.25, -0.2) is 9.97 Å². The molecule has 2 saturated heterocycles. The number of hydrogen-bond donors (Lipinski definition) is 1. The first kappa shape index (κ1) is 19.9. The number of benzene rings is 1. The van der Waals surface area contributed by atoms with E-state index in [1.54, 1.807) is 29.2 Å². The number of carbonyl (C=O) groups is 2. The van der Waals surface area contributed by atoms with Gasteiger partial charge in [-0.05, 0) is 43.9 Å². The third-order valence-corrected chi connectivity index (χ3v) is 6.66. The summed E-state index contributed by atoms with van der Waals surface area (Å²) in [6, 6.07) is 6.59. The monoisotopic (exact) mass is 422 g/mol. The molecule has 3 aliphatic rings. The fourth-order valence-corrected chi connectivity index (χ4v) is 5.01. The van der Waals surface area contributed by atoms with Gasteiger partial charge < -0.3 is 19.6 Å². The number of rotatable bonds is 2. The van der Waals surface area contributed by atoms with Gasteiger partial charge in [0.25, 0.3) is 0 Å². The van der Waals surface area contributed by atoms with Crippen molar-refractivity contribution in [2.75, 3.05) is 31.1 Å². The molecule has 31 heavy (non-hydrogen) atoms. The third-order valence-electron chi connectivity index (χ3n) is 6.66. The van der Waals surface area contributed by atoms with Crippen LogP contribution < -0.4 is 4.90 Å². The van der Waals surface area contributed by atoms with E-state index in [-0.39, 0.29) is 29.9 Å². The lowest BCUT2D eigenvalue weighted by Crippen LogP contribution is -2.50. The van der Waals surface area contributed by atoms with Crippen LogP contribution in [0.3, 0.4) is 0 Å². The first-order valence-electron chi connectivity index (χ1n) is 10.8. The smallest absolute Gasteiger partial charge is 0.228 e. The number of phenols is 1. The van der Waals surface area contributed by atoms with Crippen LogP contribution in [0, 0.1) is 12.8 Å². The highest BCUT2D eigenvalue weighted by molar-refractivity contribution is 6.00. The van der Waals surface area contributed by atoms with Gasteiger partial charge in [0.2, 0.25) is 11.8 Å². The van der Waals surface area contributed by atoms with Crippen molar-refractivity contribution in [3.05, 3.63) is 47.5 Å². The van der Waals surface area contributed by atoms with E-state index in [9.17, 15) is 14.7 Å². The van der Waals surface area contributed by atoms with E-state index in [1.807, 2.05) is 18.0 Å². The van der Waals surface area contributed by atoms with Crippen LogP contribution in [0.4, 0.5) is 5.69 Å². The lowest BCUT2D eigenvalue weighted by atomic mass is 9.83. The molecule has 3 aliphatic heterocycles. The van der Waals surface area contributed by atoms with Crippen LogP contribution in [0.25, 0.3) is 0 Å². The summed E-state index contributed by atoms with van der Waals surface area (Å²) in [6.45, 7) is 4.03. The van der Waals surface area contributed by atoms with Gasteiger partial charge in [0.1, 0.15) is 17.2 Å². The second kappa shape index (κ2) is 7.60. The topological polar surface area (TPSA) is 95.9 Å². The Morgan fingerprint density at radius 2 is 2.10 bits per heavy atom. The zero-order valence-electron chi connectivity index (χ0n) is 17.6. The van der Waals surface area contributed by atoms with E-state index in [0.29, 0.717) is 44.8 Å². The molecule has 5 rings (SSSR count). The van der Waals surface area contributed by atoms with Crippen LogP contribution in [-0.2, 0) is 26.3 Å². The fourth-order valence-electron chi connectivity index (χ4n) is 5.01. The van der Waals surface area contributed by atoms with Gasteiger partial charge in [-0.2, -0.15) is 0 Å². The van der Waals surface area contributed by atoms with Crippen LogP contribution >= 0.6 is 0 Å². The maximum atomic E-state index is 13.2. The molecule has 2 amide bonds. The number of fused-ring (bicyclic) bond motifs is 2. The van der Waals surface area contributed by atoms with E-state index in [2.05, 4.69) is 9.97 Å². The molecular weight excluding hydrogens is 396 g/mol. The van der Waals surface area contributed by atoms with E-state index < -0.39 is 5.60 Å². The molecule has 2 fully saturated rings. The van der Waals surface area contributed by atoms with Crippen molar-refractivity contribution in [2.24, 2.45) is 5.92 Å². The summed E-state index contributed by atoms with van der Waals surface area (Å²) in [5.41, 5.74) is 2.29. The van der Waals surface area contributed by atoms with Crippen molar-refractivity contribution < 1.29 is 19.4 Å². The van der Waals surface area contributed by atoms with E-state index in [0.717, 1.165) is 23.5 Å². The maximum Gasteiger partial charge on any atom is 0.228 e. The summed E-state index contributed by atoms with van der Waals surface area (Å²) in [4.78, 5) is 38.2. The van der Waals surface area contributed by atoms with E-state index in [4.69, 9.17) is 4.74 Å². The molecule has 8 heteroatoms. The lowest BCUT2D eigenvalue weighted by Gasteiger charge is -2.44. The van der Waals surface area contributed by atoms with Crippen LogP contribution in [0.1, 0.15) is 36.3 Å². The quantitative estimate of drug-likeness (QED) is 0.795. The molecule has 1 N–H and O–H groups in total. The highest BCUT2D eigenvalue weighted by Crippen LogP contribution is 2.41. The zero-order chi connectivity index (χ0) is 21.6. The molecular formula is C23H26N4O4. The number of phenolic OH excluding ortho intramolecular Hbond substituents is 1. The largest absolute Gasteiger partial charge is 0.508 e. The number of amides is 2. The van der Waals surface area contributed by atoms with E-state index >= 15 is 0 Å². The van der Waals surface area contributed by atoms with Crippen molar-refractivity contribution in [3.63, 3.8) is 0 Å². The number of aromatic hydroxyl groups is 1. The molecule has 1 atom stereocenters. The molecule has 2 aromatic rings. The minimum Gasteiger partial charge on any atom is -0.508 e. The number of ether oxygens (including phenoxy) is 1. The maximum absolute atomic E-state index is 13.2. The van der Waals surface area contributed by atoms with Gasteiger partial charge >= 0.3 is 0 Å². The van der Waals surface area contributed by atoms with Gasteiger partial charge in [0.05, 0.1) is 18.2 Å². The molecule has 8 nitrogen and oxygen atoms in total. The molecule has 1 unspecified atom stereocenters. The Labute approximate surface area is 180 Å². The number of anilines is 1. The number of aromatic nitrogens is 2. The molecule has 0 aliphatic carbocycles. The number of likely N-dealkylation sites (tertiary alicyclic amines) is 1. The third kappa shape index (κ3) is 3.54. The molecule has 0 saturated carbocycles. The van der Waals surface area contributed by atoms with Gasteiger partial charge in [-0.1, -0.05) is 6.07 Å². The van der Waals surface area contributed by atoms with Crippen LogP contribution in [0.15, 0.2) is 30.5 Å². The summed E-state index contributed by atoms with van der Waals surface area (Å²) in [7, 11) is 0. The predicted molar refractivity (Wildman–Crippen MR) is 112 cm³/mol. The van der Waals surface area contributed by atoms with Crippen molar-refractivity contribution >= 4 is 17.5 Å². The minimum atomic E-state index is -0.447. The van der Waals surface area contributed by atoms with Crippen molar-refractivity contribution in [2.45, 2.75) is 38.2 Å². The predicted octanol–water partition coefficient (Wildman–Crippen LogP) is 1.93.